The monoisotopic (exact) mass is 357 g/mol. The van der Waals surface area contributed by atoms with Gasteiger partial charge in [-0.1, -0.05) is 13.0 Å². The predicted octanol–water partition coefficient (Wildman–Crippen LogP) is 2.53. The van der Waals surface area contributed by atoms with E-state index in [2.05, 4.69) is 18.3 Å². The molecule has 0 aromatic heterocycles. The number of rotatable bonds is 4. The number of Topliss-reactive ketones (excluding diaryl/α,β-unsaturated/α-hetero) is 1. The number of carbonyl (C=O) groups is 1. The van der Waals surface area contributed by atoms with Gasteiger partial charge in [0.15, 0.2) is 22.9 Å². The van der Waals surface area contributed by atoms with Crippen molar-refractivity contribution in [2.24, 2.45) is 0 Å². The Kier molecular flexibility index (Phi) is 3.33. The van der Waals surface area contributed by atoms with E-state index < -0.39 is 16.6 Å². The van der Waals surface area contributed by atoms with Crippen LogP contribution in [-0.4, -0.2) is 43.3 Å². The van der Waals surface area contributed by atoms with Crippen LogP contribution in [0.25, 0.3) is 0 Å². The molecule has 5 rings (SSSR count). The minimum atomic E-state index is -0.883. The Hall–Kier alpha value is -1.59. The summed E-state index contributed by atoms with van der Waals surface area (Å²) in [5.41, 5.74) is 0.742. The third kappa shape index (κ3) is 1.59. The molecule has 5 heteroatoms. The van der Waals surface area contributed by atoms with Crippen molar-refractivity contribution in [1.82, 2.24) is 5.32 Å². The molecule has 140 valence electrons. The van der Waals surface area contributed by atoms with Gasteiger partial charge < -0.3 is 19.5 Å². The zero-order chi connectivity index (χ0) is 18.2. The molecule has 1 saturated carbocycles. The highest BCUT2D eigenvalue weighted by Gasteiger charge is 2.77. The maximum absolute atomic E-state index is 13.2. The number of ketones is 1. The van der Waals surface area contributed by atoms with Gasteiger partial charge in [-0.3, -0.25) is 4.79 Å². The fraction of sp³-hybridized carbons (Fsp3) is 0.667. The van der Waals surface area contributed by atoms with Crippen molar-refractivity contribution in [3.8, 4) is 11.5 Å². The molecule has 26 heavy (non-hydrogen) atoms. The molecule has 2 aliphatic heterocycles. The van der Waals surface area contributed by atoms with Crippen LogP contribution in [0.15, 0.2) is 12.1 Å². The van der Waals surface area contributed by atoms with Crippen LogP contribution in [0.2, 0.25) is 0 Å². The second kappa shape index (κ2) is 5.23. The van der Waals surface area contributed by atoms with Crippen LogP contribution < -0.4 is 14.8 Å². The first-order valence-electron chi connectivity index (χ1n) is 9.84. The number of hydrogen-bond acceptors (Lipinski definition) is 5. The fourth-order valence-electron chi connectivity index (χ4n) is 6.38. The Morgan fingerprint density at radius 1 is 1.35 bits per heavy atom. The van der Waals surface area contributed by atoms with Gasteiger partial charge in [-0.15, -0.1) is 0 Å². The van der Waals surface area contributed by atoms with Crippen LogP contribution in [0.5, 0.6) is 11.5 Å². The van der Waals surface area contributed by atoms with Crippen molar-refractivity contribution in [1.29, 1.82) is 0 Å². The van der Waals surface area contributed by atoms with Crippen LogP contribution in [-0.2, 0) is 21.4 Å². The van der Waals surface area contributed by atoms with Crippen LogP contribution in [0, 0.1) is 0 Å². The zero-order valence-electron chi connectivity index (χ0n) is 15.8. The Labute approximate surface area is 154 Å². The highest BCUT2D eigenvalue weighted by molar-refractivity contribution is 5.94. The third-order valence-electron chi connectivity index (χ3n) is 7.39. The number of carbonyl (C=O) groups excluding carboxylic acids is 1. The SMILES string of the molecule is CCCOC12CCC(=O)[C@]3(C)Oc4c(OC)ccc5c4[C@]13CCN[C@@H]2C5. The largest absolute Gasteiger partial charge is 0.493 e. The Bertz CT molecular complexity index is 792. The molecular weight excluding hydrogens is 330 g/mol. The van der Waals surface area contributed by atoms with E-state index in [-0.39, 0.29) is 11.8 Å². The van der Waals surface area contributed by atoms with E-state index in [1.807, 2.05) is 13.0 Å². The molecule has 2 aliphatic carbocycles. The van der Waals surface area contributed by atoms with Gasteiger partial charge in [-0.2, -0.15) is 0 Å². The molecule has 0 amide bonds. The normalized spacial score (nSPS) is 39.3. The molecule has 1 saturated heterocycles. The maximum Gasteiger partial charge on any atom is 0.177 e. The topological polar surface area (TPSA) is 56.8 Å². The van der Waals surface area contributed by atoms with Crippen molar-refractivity contribution < 1.29 is 19.0 Å². The molecule has 1 aromatic carbocycles. The van der Waals surface area contributed by atoms with E-state index in [9.17, 15) is 4.79 Å². The molecule has 1 N–H and O–H groups in total. The summed E-state index contributed by atoms with van der Waals surface area (Å²) < 4.78 is 18.8. The van der Waals surface area contributed by atoms with Crippen LogP contribution in [0.1, 0.15) is 50.7 Å². The van der Waals surface area contributed by atoms with E-state index in [4.69, 9.17) is 14.2 Å². The van der Waals surface area contributed by atoms with E-state index >= 15 is 0 Å². The summed E-state index contributed by atoms with van der Waals surface area (Å²) in [6.45, 7) is 5.72. The highest BCUT2D eigenvalue weighted by Crippen LogP contribution is 2.68. The summed E-state index contributed by atoms with van der Waals surface area (Å²) in [5, 5.41) is 3.72. The molecule has 4 aliphatic rings. The molecular formula is C21H27NO4. The summed E-state index contributed by atoms with van der Waals surface area (Å²) in [4.78, 5) is 13.2. The van der Waals surface area contributed by atoms with Crippen molar-refractivity contribution >= 4 is 5.78 Å². The molecule has 2 bridgehead atoms. The Morgan fingerprint density at radius 2 is 2.19 bits per heavy atom. The standard InChI is InChI=1S/C21H27NO4/c1-4-11-25-21-8-7-16(23)19(2)20(21)9-10-22-15(21)12-13-5-6-14(24-3)18(26-19)17(13)20/h5-6,15,22H,4,7-12H2,1-3H3/t15-,19+,20+,21?/m1/s1. The average Bonchev–Trinajstić information content (AvgIpc) is 2.91. The first-order chi connectivity index (χ1) is 12.5. The second-order valence-electron chi connectivity index (χ2n) is 8.29. The predicted molar refractivity (Wildman–Crippen MR) is 97.0 cm³/mol. The Morgan fingerprint density at radius 3 is 2.96 bits per heavy atom. The maximum atomic E-state index is 13.2. The lowest BCUT2D eigenvalue weighted by Gasteiger charge is -2.64. The minimum absolute atomic E-state index is 0.194. The van der Waals surface area contributed by atoms with Crippen molar-refractivity contribution in [2.45, 2.75) is 68.6 Å². The van der Waals surface area contributed by atoms with Crippen molar-refractivity contribution in [3.05, 3.63) is 23.3 Å². The first kappa shape index (κ1) is 16.6. The number of ether oxygens (including phenoxy) is 3. The van der Waals surface area contributed by atoms with Gasteiger partial charge >= 0.3 is 0 Å². The van der Waals surface area contributed by atoms with Crippen molar-refractivity contribution in [2.75, 3.05) is 20.3 Å². The number of methoxy groups -OCH3 is 1. The lowest BCUT2D eigenvalue weighted by Crippen LogP contribution is -2.80. The van der Waals surface area contributed by atoms with Gasteiger partial charge in [-0.05, 0) is 50.8 Å². The quantitative estimate of drug-likeness (QED) is 0.897. The lowest BCUT2D eigenvalue weighted by atomic mass is 9.45. The fourth-order valence-corrected chi connectivity index (χ4v) is 6.38. The van der Waals surface area contributed by atoms with Gasteiger partial charge in [-0.25, -0.2) is 0 Å². The van der Waals surface area contributed by atoms with Crippen LogP contribution in [0.4, 0.5) is 0 Å². The van der Waals surface area contributed by atoms with Gasteiger partial charge in [0.25, 0.3) is 0 Å². The number of benzene rings is 1. The molecule has 1 aromatic rings. The molecule has 0 radical (unpaired) electrons. The first-order valence-corrected chi connectivity index (χ1v) is 9.84. The summed E-state index contributed by atoms with van der Waals surface area (Å²) in [6.07, 6.45) is 3.99. The van der Waals surface area contributed by atoms with E-state index in [1.54, 1.807) is 7.11 Å². The van der Waals surface area contributed by atoms with E-state index in [0.29, 0.717) is 13.0 Å². The molecule has 5 nitrogen and oxygen atoms in total. The molecule has 1 spiro atoms. The summed E-state index contributed by atoms with van der Waals surface area (Å²) in [5.74, 6) is 1.69. The van der Waals surface area contributed by atoms with Gasteiger partial charge in [0.05, 0.1) is 18.1 Å². The molecule has 2 heterocycles. The zero-order valence-corrected chi connectivity index (χ0v) is 15.8. The van der Waals surface area contributed by atoms with Crippen LogP contribution >= 0.6 is 0 Å². The smallest absolute Gasteiger partial charge is 0.177 e. The van der Waals surface area contributed by atoms with Crippen LogP contribution in [0.3, 0.4) is 0 Å². The number of piperidine rings is 1. The van der Waals surface area contributed by atoms with Gasteiger partial charge in [0.2, 0.25) is 0 Å². The van der Waals surface area contributed by atoms with Gasteiger partial charge in [0.1, 0.15) is 0 Å². The average molecular weight is 357 g/mol. The summed E-state index contributed by atoms with van der Waals surface area (Å²) in [7, 11) is 1.67. The van der Waals surface area contributed by atoms with Crippen molar-refractivity contribution in [3.63, 3.8) is 0 Å². The molecule has 1 unspecified atom stereocenters. The van der Waals surface area contributed by atoms with E-state index in [0.717, 1.165) is 43.7 Å². The highest BCUT2D eigenvalue weighted by atomic mass is 16.5. The Balaban J connectivity index is 1.84. The lowest BCUT2D eigenvalue weighted by molar-refractivity contribution is -0.209. The summed E-state index contributed by atoms with van der Waals surface area (Å²) >= 11 is 0. The van der Waals surface area contributed by atoms with Gasteiger partial charge in [0, 0.05) is 24.6 Å². The molecule has 2 fully saturated rings. The minimum Gasteiger partial charge on any atom is -0.493 e. The number of hydrogen-bond donors (Lipinski definition) is 1. The summed E-state index contributed by atoms with van der Waals surface area (Å²) in [6, 6.07) is 4.34. The molecule has 4 atom stereocenters. The number of nitrogens with one attached hydrogen (secondary N) is 1. The second-order valence-corrected chi connectivity index (χ2v) is 8.29. The third-order valence-corrected chi connectivity index (χ3v) is 7.39. The van der Waals surface area contributed by atoms with E-state index in [1.165, 1.54) is 11.1 Å².